The highest BCUT2D eigenvalue weighted by Gasteiger charge is 2.05. The molecule has 118 valence electrons. The molecular formula is C18H13ClN4S. The first-order valence-electron chi connectivity index (χ1n) is 7.41. The van der Waals surface area contributed by atoms with Crippen LogP contribution in [0.4, 0.5) is 5.13 Å². The number of para-hydroxylation sites is 2. The molecule has 0 fully saturated rings. The summed E-state index contributed by atoms with van der Waals surface area (Å²) in [5.41, 5.74) is 6.70. The number of hydrogen-bond acceptors (Lipinski definition) is 5. The van der Waals surface area contributed by atoms with Gasteiger partial charge in [-0.05, 0) is 30.7 Å². The zero-order valence-electron chi connectivity index (χ0n) is 12.8. The normalized spacial score (nSPS) is 11.6. The minimum atomic E-state index is 0.437. The summed E-state index contributed by atoms with van der Waals surface area (Å²) in [5.74, 6) is 0. The second-order valence-corrected chi connectivity index (χ2v) is 6.76. The Labute approximate surface area is 147 Å². The molecule has 0 saturated carbocycles. The molecule has 2 aromatic carbocycles. The van der Waals surface area contributed by atoms with Gasteiger partial charge < -0.3 is 0 Å². The summed E-state index contributed by atoms with van der Waals surface area (Å²) in [6.07, 6.45) is 1.67. The number of anilines is 1. The third-order valence-corrected chi connectivity index (χ3v) is 4.93. The van der Waals surface area contributed by atoms with Gasteiger partial charge in [0.25, 0.3) is 0 Å². The predicted molar refractivity (Wildman–Crippen MR) is 102 cm³/mol. The molecule has 4 nitrogen and oxygen atoms in total. The highest BCUT2D eigenvalue weighted by atomic mass is 35.5. The summed E-state index contributed by atoms with van der Waals surface area (Å²) in [6.45, 7) is 2.02. The van der Waals surface area contributed by atoms with Gasteiger partial charge in [0.05, 0.1) is 21.9 Å². The molecule has 4 aromatic rings. The first-order valence-corrected chi connectivity index (χ1v) is 8.61. The van der Waals surface area contributed by atoms with E-state index in [4.69, 9.17) is 11.6 Å². The van der Waals surface area contributed by atoms with E-state index in [1.54, 1.807) is 17.6 Å². The Balaban J connectivity index is 1.61. The van der Waals surface area contributed by atoms with Crippen LogP contribution in [-0.2, 0) is 0 Å². The Morgan fingerprint density at radius 1 is 1.12 bits per heavy atom. The largest absolute Gasteiger partial charge is 0.253 e. The molecule has 0 aliphatic heterocycles. The first-order chi connectivity index (χ1) is 11.7. The van der Waals surface area contributed by atoms with E-state index in [1.807, 2.05) is 55.5 Å². The molecule has 0 aliphatic carbocycles. The fraction of sp³-hybridized carbons (Fsp3) is 0.0556. The molecule has 0 bridgehead atoms. The number of hydrazone groups is 1. The number of halogens is 1. The van der Waals surface area contributed by atoms with E-state index in [2.05, 4.69) is 20.5 Å². The van der Waals surface area contributed by atoms with Crippen LogP contribution >= 0.6 is 22.9 Å². The van der Waals surface area contributed by atoms with E-state index in [1.165, 1.54) is 0 Å². The fourth-order valence-electron chi connectivity index (χ4n) is 2.51. The second-order valence-electron chi connectivity index (χ2n) is 5.37. The number of aryl methyl sites for hydroxylation is 1. The van der Waals surface area contributed by atoms with Crippen LogP contribution in [0.3, 0.4) is 0 Å². The van der Waals surface area contributed by atoms with Crippen molar-refractivity contribution in [3.8, 4) is 0 Å². The van der Waals surface area contributed by atoms with Crippen molar-refractivity contribution in [3.05, 3.63) is 64.8 Å². The lowest BCUT2D eigenvalue weighted by Gasteiger charge is -2.04. The molecule has 0 unspecified atom stereocenters. The molecule has 6 heteroatoms. The Hall–Kier alpha value is -2.50. The van der Waals surface area contributed by atoms with Crippen LogP contribution in [0.25, 0.3) is 21.1 Å². The molecule has 1 N–H and O–H groups in total. The van der Waals surface area contributed by atoms with Gasteiger partial charge in [0, 0.05) is 10.9 Å². The molecular weight excluding hydrogens is 340 g/mol. The van der Waals surface area contributed by atoms with Gasteiger partial charge in [0.1, 0.15) is 5.15 Å². The standard InChI is InChI=1S/C18H13ClN4S/c1-11-5-4-6-12-9-13(17(19)22-16(11)12)10-20-23-18-21-14-7-2-3-8-15(14)24-18/h2-10H,1H3,(H,21,23)/b20-10+. The summed E-state index contributed by atoms with van der Waals surface area (Å²) in [7, 11) is 0. The molecule has 0 amide bonds. The highest BCUT2D eigenvalue weighted by molar-refractivity contribution is 7.22. The highest BCUT2D eigenvalue weighted by Crippen LogP contribution is 2.25. The SMILES string of the molecule is Cc1cccc2cc(/C=N/Nc3nc4ccccc4s3)c(Cl)nc12. The molecule has 24 heavy (non-hydrogen) atoms. The van der Waals surface area contributed by atoms with Gasteiger partial charge in [0.15, 0.2) is 0 Å². The predicted octanol–water partition coefficient (Wildman–Crippen LogP) is 5.25. The van der Waals surface area contributed by atoms with Crippen LogP contribution in [0.5, 0.6) is 0 Å². The fourth-order valence-corrected chi connectivity index (χ4v) is 3.51. The lowest BCUT2D eigenvalue weighted by atomic mass is 10.1. The lowest BCUT2D eigenvalue weighted by molar-refractivity contribution is 1.30. The molecule has 4 rings (SSSR count). The summed E-state index contributed by atoms with van der Waals surface area (Å²) in [6, 6.07) is 16.0. The molecule has 0 atom stereocenters. The van der Waals surface area contributed by atoms with Crippen molar-refractivity contribution < 1.29 is 0 Å². The maximum absolute atomic E-state index is 6.28. The van der Waals surface area contributed by atoms with Crippen molar-refractivity contribution >= 4 is 55.4 Å². The van der Waals surface area contributed by atoms with Crippen LogP contribution in [0.1, 0.15) is 11.1 Å². The quantitative estimate of drug-likeness (QED) is 0.311. The van der Waals surface area contributed by atoms with Crippen LogP contribution in [0.15, 0.2) is 53.6 Å². The monoisotopic (exact) mass is 352 g/mol. The van der Waals surface area contributed by atoms with Gasteiger partial charge in [-0.1, -0.05) is 53.3 Å². The third kappa shape index (κ3) is 2.84. The van der Waals surface area contributed by atoms with Crippen molar-refractivity contribution in [2.45, 2.75) is 6.92 Å². The Morgan fingerprint density at radius 2 is 2.00 bits per heavy atom. The molecule has 0 radical (unpaired) electrons. The van der Waals surface area contributed by atoms with E-state index < -0.39 is 0 Å². The maximum atomic E-state index is 6.28. The molecule has 0 aliphatic rings. The molecule has 0 spiro atoms. The smallest absolute Gasteiger partial charge is 0.204 e. The molecule has 0 saturated heterocycles. The first kappa shape index (κ1) is 15.1. The summed E-state index contributed by atoms with van der Waals surface area (Å²) >= 11 is 7.83. The van der Waals surface area contributed by atoms with Crippen molar-refractivity contribution in [1.82, 2.24) is 9.97 Å². The lowest BCUT2D eigenvalue weighted by Crippen LogP contribution is -1.94. The number of pyridine rings is 1. The average molecular weight is 353 g/mol. The van der Waals surface area contributed by atoms with Crippen LogP contribution in [-0.4, -0.2) is 16.2 Å². The van der Waals surface area contributed by atoms with Crippen LogP contribution < -0.4 is 5.43 Å². The van der Waals surface area contributed by atoms with Crippen molar-refractivity contribution in [3.63, 3.8) is 0 Å². The number of fused-ring (bicyclic) bond motifs is 2. The van der Waals surface area contributed by atoms with E-state index in [0.29, 0.717) is 5.15 Å². The van der Waals surface area contributed by atoms with E-state index >= 15 is 0 Å². The number of hydrogen-bond donors (Lipinski definition) is 1. The van der Waals surface area contributed by atoms with E-state index in [0.717, 1.165) is 37.4 Å². The van der Waals surface area contributed by atoms with E-state index in [-0.39, 0.29) is 0 Å². The zero-order chi connectivity index (χ0) is 16.5. The number of benzene rings is 2. The van der Waals surface area contributed by atoms with Crippen LogP contribution in [0.2, 0.25) is 5.15 Å². The topological polar surface area (TPSA) is 50.2 Å². The maximum Gasteiger partial charge on any atom is 0.204 e. The third-order valence-electron chi connectivity index (χ3n) is 3.69. The molecule has 2 heterocycles. The van der Waals surface area contributed by atoms with Gasteiger partial charge in [-0.2, -0.15) is 5.10 Å². The molecule has 2 aromatic heterocycles. The summed E-state index contributed by atoms with van der Waals surface area (Å²) < 4.78 is 1.12. The van der Waals surface area contributed by atoms with Gasteiger partial charge in [0.2, 0.25) is 5.13 Å². The minimum Gasteiger partial charge on any atom is -0.253 e. The Morgan fingerprint density at radius 3 is 2.88 bits per heavy atom. The Bertz CT molecular complexity index is 1040. The number of nitrogens with zero attached hydrogens (tertiary/aromatic N) is 3. The summed E-state index contributed by atoms with van der Waals surface area (Å²) in [5, 5.41) is 6.47. The van der Waals surface area contributed by atoms with Crippen molar-refractivity contribution in [1.29, 1.82) is 0 Å². The Kier molecular flexibility index (Phi) is 3.88. The minimum absolute atomic E-state index is 0.437. The summed E-state index contributed by atoms with van der Waals surface area (Å²) in [4.78, 5) is 8.94. The van der Waals surface area contributed by atoms with Gasteiger partial charge in [-0.15, -0.1) is 0 Å². The average Bonchev–Trinajstić information content (AvgIpc) is 2.99. The van der Waals surface area contributed by atoms with Gasteiger partial charge in [-0.25, -0.2) is 9.97 Å². The zero-order valence-corrected chi connectivity index (χ0v) is 14.4. The number of aromatic nitrogens is 2. The number of nitrogens with one attached hydrogen (secondary N) is 1. The van der Waals surface area contributed by atoms with Crippen molar-refractivity contribution in [2.24, 2.45) is 5.10 Å². The van der Waals surface area contributed by atoms with Crippen LogP contribution in [0, 0.1) is 6.92 Å². The number of rotatable bonds is 3. The van der Waals surface area contributed by atoms with Crippen molar-refractivity contribution in [2.75, 3.05) is 5.43 Å². The van der Waals surface area contributed by atoms with Gasteiger partial charge >= 0.3 is 0 Å². The second kappa shape index (κ2) is 6.19. The van der Waals surface area contributed by atoms with E-state index in [9.17, 15) is 0 Å². The number of thiazole rings is 1. The van der Waals surface area contributed by atoms with Gasteiger partial charge in [-0.3, -0.25) is 5.43 Å².